The van der Waals surface area contributed by atoms with Crippen molar-refractivity contribution >= 4 is 5.78 Å². The minimum Gasteiger partial charge on any atom is -0.385 e. The van der Waals surface area contributed by atoms with Crippen molar-refractivity contribution in [3.05, 3.63) is 0 Å². The van der Waals surface area contributed by atoms with Crippen molar-refractivity contribution < 1.29 is 9.90 Å². The van der Waals surface area contributed by atoms with Crippen LogP contribution in [0.2, 0.25) is 0 Å². The van der Waals surface area contributed by atoms with Gasteiger partial charge in [0.25, 0.3) is 0 Å². The summed E-state index contributed by atoms with van der Waals surface area (Å²) in [6.45, 7) is 3.71. The summed E-state index contributed by atoms with van der Waals surface area (Å²) < 4.78 is 0. The van der Waals surface area contributed by atoms with Gasteiger partial charge in [-0.05, 0) is 13.3 Å². The molecule has 0 spiro atoms. The average Bonchev–Trinajstić information content (AvgIpc) is 2.35. The Morgan fingerprint density at radius 1 is 0.833 bits per heavy atom. The molecule has 0 aromatic heterocycles. The van der Waals surface area contributed by atoms with E-state index in [1.54, 1.807) is 0 Å². The number of carbonyl (C=O) groups excluding carboxylic acids is 1. The molecule has 0 aliphatic carbocycles. The number of aliphatic hydroxyl groups is 1. The van der Waals surface area contributed by atoms with Gasteiger partial charge in [0.05, 0.1) is 0 Å². The predicted molar refractivity (Wildman–Crippen MR) is 77.8 cm³/mol. The van der Waals surface area contributed by atoms with Crippen LogP contribution in [0.5, 0.6) is 0 Å². The second kappa shape index (κ2) is 13.1. The van der Waals surface area contributed by atoms with Gasteiger partial charge in [0.2, 0.25) is 0 Å². The van der Waals surface area contributed by atoms with Crippen molar-refractivity contribution in [1.82, 2.24) is 0 Å². The third kappa shape index (κ3) is 12.1. The monoisotopic (exact) mass is 256 g/mol. The lowest BCUT2D eigenvalue weighted by Gasteiger charge is -2.06. The third-order valence-electron chi connectivity index (χ3n) is 3.55. The van der Waals surface area contributed by atoms with E-state index in [0.29, 0.717) is 6.42 Å². The molecule has 0 bridgehead atoms. The van der Waals surface area contributed by atoms with E-state index in [2.05, 4.69) is 6.92 Å². The fourth-order valence-electron chi connectivity index (χ4n) is 2.21. The van der Waals surface area contributed by atoms with Crippen LogP contribution in [0.4, 0.5) is 0 Å². The highest BCUT2D eigenvalue weighted by Gasteiger charge is 2.07. The van der Waals surface area contributed by atoms with E-state index in [0.717, 1.165) is 12.8 Å². The third-order valence-corrected chi connectivity index (χ3v) is 3.55. The van der Waals surface area contributed by atoms with Crippen molar-refractivity contribution in [2.45, 2.75) is 97.0 Å². The van der Waals surface area contributed by atoms with Gasteiger partial charge in [-0.2, -0.15) is 0 Å². The highest BCUT2D eigenvalue weighted by molar-refractivity contribution is 5.79. The van der Waals surface area contributed by atoms with E-state index < -0.39 is 6.10 Å². The lowest BCUT2D eigenvalue weighted by atomic mass is 10.0. The Labute approximate surface area is 113 Å². The van der Waals surface area contributed by atoms with Crippen molar-refractivity contribution in [2.24, 2.45) is 0 Å². The molecule has 0 heterocycles. The molecule has 0 aromatic carbocycles. The predicted octanol–water partition coefficient (Wildman–Crippen LogP) is 4.64. The zero-order valence-electron chi connectivity index (χ0n) is 12.4. The summed E-state index contributed by atoms with van der Waals surface area (Å²) in [7, 11) is 0. The van der Waals surface area contributed by atoms with E-state index in [4.69, 9.17) is 0 Å². The molecule has 0 aromatic rings. The smallest absolute Gasteiger partial charge is 0.158 e. The van der Waals surface area contributed by atoms with Crippen molar-refractivity contribution in [3.63, 3.8) is 0 Å². The van der Waals surface area contributed by atoms with E-state index in [9.17, 15) is 9.90 Å². The van der Waals surface area contributed by atoms with Gasteiger partial charge in [-0.3, -0.25) is 4.79 Å². The highest BCUT2D eigenvalue weighted by Crippen LogP contribution is 2.12. The zero-order chi connectivity index (χ0) is 13.6. The number of aliphatic hydroxyl groups excluding tert-OH is 1. The van der Waals surface area contributed by atoms with Crippen LogP contribution in [0.15, 0.2) is 0 Å². The first-order chi connectivity index (χ1) is 8.68. The average molecular weight is 256 g/mol. The van der Waals surface area contributed by atoms with Crippen molar-refractivity contribution in [3.8, 4) is 0 Å². The normalized spacial score (nSPS) is 12.6. The SMILES string of the molecule is CCCCCCCCCCCCCC(O)C(C)=O. The standard InChI is InChI=1S/C16H32O2/c1-3-4-5-6-7-8-9-10-11-12-13-14-16(18)15(2)17/h16,18H,3-14H2,1-2H3. The highest BCUT2D eigenvalue weighted by atomic mass is 16.3. The van der Waals surface area contributed by atoms with Crippen LogP contribution in [0.3, 0.4) is 0 Å². The second-order valence-electron chi connectivity index (χ2n) is 5.45. The lowest BCUT2D eigenvalue weighted by molar-refractivity contribution is -0.125. The zero-order valence-corrected chi connectivity index (χ0v) is 12.4. The fraction of sp³-hybridized carbons (Fsp3) is 0.938. The van der Waals surface area contributed by atoms with Crippen LogP contribution in [-0.4, -0.2) is 17.0 Å². The molecule has 0 saturated heterocycles. The molecule has 1 unspecified atom stereocenters. The van der Waals surface area contributed by atoms with E-state index in [1.807, 2.05) is 0 Å². The van der Waals surface area contributed by atoms with Crippen LogP contribution in [0.1, 0.15) is 90.9 Å². The fourth-order valence-corrected chi connectivity index (χ4v) is 2.21. The first kappa shape index (κ1) is 17.6. The molecule has 18 heavy (non-hydrogen) atoms. The van der Waals surface area contributed by atoms with E-state index >= 15 is 0 Å². The number of hydrogen-bond donors (Lipinski definition) is 1. The maximum absolute atomic E-state index is 10.8. The number of Topliss-reactive ketones (excluding diaryl/α,β-unsaturated/α-hetero) is 1. The molecular formula is C16H32O2. The number of unbranched alkanes of at least 4 members (excludes halogenated alkanes) is 10. The maximum atomic E-state index is 10.8. The summed E-state index contributed by atoms with van der Waals surface area (Å²) in [6.07, 6.45) is 14.3. The van der Waals surface area contributed by atoms with Gasteiger partial charge in [0, 0.05) is 0 Å². The lowest BCUT2D eigenvalue weighted by Crippen LogP contribution is -2.16. The molecule has 108 valence electrons. The number of ketones is 1. The molecule has 0 rings (SSSR count). The Kier molecular flexibility index (Phi) is 12.8. The summed E-state index contributed by atoms with van der Waals surface area (Å²) in [5.41, 5.74) is 0. The van der Waals surface area contributed by atoms with Crippen LogP contribution >= 0.6 is 0 Å². The van der Waals surface area contributed by atoms with Gasteiger partial charge in [-0.25, -0.2) is 0 Å². The number of hydrogen-bond acceptors (Lipinski definition) is 2. The van der Waals surface area contributed by atoms with Gasteiger partial charge >= 0.3 is 0 Å². The molecule has 1 atom stereocenters. The number of carbonyl (C=O) groups is 1. The largest absolute Gasteiger partial charge is 0.385 e. The molecule has 0 saturated carbocycles. The molecule has 0 radical (unpaired) electrons. The van der Waals surface area contributed by atoms with Gasteiger partial charge in [0.1, 0.15) is 6.10 Å². The van der Waals surface area contributed by atoms with Crippen molar-refractivity contribution in [1.29, 1.82) is 0 Å². The van der Waals surface area contributed by atoms with E-state index in [1.165, 1.54) is 64.7 Å². The molecule has 0 fully saturated rings. The first-order valence-corrected chi connectivity index (χ1v) is 7.87. The van der Waals surface area contributed by atoms with Gasteiger partial charge < -0.3 is 5.11 Å². The maximum Gasteiger partial charge on any atom is 0.158 e. The van der Waals surface area contributed by atoms with Gasteiger partial charge in [-0.1, -0.05) is 77.6 Å². The Morgan fingerprint density at radius 3 is 1.61 bits per heavy atom. The van der Waals surface area contributed by atoms with E-state index in [-0.39, 0.29) is 5.78 Å². The molecule has 2 heteroatoms. The van der Waals surface area contributed by atoms with Crippen LogP contribution < -0.4 is 0 Å². The molecule has 2 nitrogen and oxygen atoms in total. The van der Waals surface area contributed by atoms with Crippen LogP contribution in [-0.2, 0) is 4.79 Å². The first-order valence-electron chi connectivity index (χ1n) is 7.87. The molecule has 0 amide bonds. The summed E-state index contributed by atoms with van der Waals surface area (Å²) >= 11 is 0. The van der Waals surface area contributed by atoms with Gasteiger partial charge in [0.15, 0.2) is 5.78 Å². The molecule has 0 aliphatic heterocycles. The van der Waals surface area contributed by atoms with Crippen molar-refractivity contribution in [2.75, 3.05) is 0 Å². The van der Waals surface area contributed by atoms with Gasteiger partial charge in [-0.15, -0.1) is 0 Å². The second-order valence-corrected chi connectivity index (χ2v) is 5.45. The quantitative estimate of drug-likeness (QED) is 0.487. The molecule has 0 aliphatic rings. The topological polar surface area (TPSA) is 37.3 Å². The molecular weight excluding hydrogens is 224 g/mol. The Morgan fingerprint density at radius 2 is 1.22 bits per heavy atom. The van der Waals surface area contributed by atoms with Crippen LogP contribution in [0.25, 0.3) is 0 Å². The van der Waals surface area contributed by atoms with Crippen LogP contribution in [0, 0.1) is 0 Å². The minimum atomic E-state index is -0.719. The Hall–Kier alpha value is -0.370. The summed E-state index contributed by atoms with van der Waals surface area (Å²) in [5.74, 6) is -0.0953. The summed E-state index contributed by atoms with van der Waals surface area (Å²) in [6, 6.07) is 0. The minimum absolute atomic E-state index is 0.0953. The Balaban J connectivity index is 3.05. The Bertz CT molecular complexity index is 190. The number of rotatable bonds is 13. The summed E-state index contributed by atoms with van der Waals surface area (Å²) in [5, 5.41) is 9.32. The summed E-state index contributed by atoms with van der Waals surface area (Å²) in [4.78, 5) is 10.8. The molecule has 1 N–H and O–H groups in total.